The maximum Gasteiger partial charge on any atom is 0.340 e. The number of halogens is 1. The third-order valence-electron chi connectivity index (χ3n) is 4.47. The highest BCUT2D eigenvalue weighted by Crippen LogP contribution is 2.24. The highest BCUT2D eigenvalue weighted by Gasteiger charge is 2.24. The summed E-state index contributed by atoms with van der Waals surface area (Å²) in [6, 6.07) is 12.9. The Hall–Kier alpha value is -2.42. The predicted molar refractivity (Wildman–Crippen MR) is 115 cm³/mol. The van der Waals surface area contributed by atoms with E-state index in [0.717, 1.165) is 18.1 Å². The van der Waals surface area contributed by atoms with Crippen LogP contribution < -0.4 is 5.32 Å². The van der Waals surface area contributed by atoms with E-state index in [1.165, 1.54) is 23.5 Å². The second-order valence-corrected chi connectivity index (χ2v) is 9.29. The van der Waals surface area contributed by atoms with Gasteiger partial charge >= 0.3 is 5.97 Å². The molecule has 1 N–H and O–H groups in total. The minimum atomic E-state index is -3.87. The van der Waals surface area contributed by atoms with E-state index in [1.54, 1.807) is 0 Å². The molecule has 2 rings (SSSR count). The summed E-state index contributed by atoms with van der Waals surface area (Å²) in [5, 5.41) is 2.71. The van der Waals surface area contributed by atoms with E-state index >= 15 is 0 Å². The first-order chi connectivity index (χ1) is 14.1. The lowest BCUT2D eigenvalue weighted by molar-refractivity contribution is -0.124. The van der Waals surface area contributed by atoms with Gasteiger partial charge in [-0.2, -0.15) is 4.31 Å². The van der Waals surface area contributed by atoms with Crippen LogP contribution in [0, 0.1) is 0 Å². The third kappa shape index (κ3) is 6.29. The highest BCUT2D eigenvalue weighted by molar-refractivity contribution is 7.89. The van der Waals surface area contributed by atoms with Gasteiger partial charge in [0, 0.05) is 19.6 Å². The van der Waals surface area contributed by atoms with Gasteiger partial charge in [-0.3, -0.25) is 4.79 Å². The lowest BCUT2D eigenvalue weighted by Gasteiger charge is -2.18. The summed E-state index contributed by atoms with van der Waals surface area (Å²) < 4.78 is 32.0. The summed E-state index contributed by atoms with van der Waals surface area (Å²) in [7, 11) is -2.42. The lowest BCUT2D eigenvalue weighted by Crippen LogP contribution is -2.35. The van der Waals surface area contributed by atoms with Gasteiger partial charge in [0.1, 0.15) is 0 Å². The molecule has 0 radical (unpaired) electrons. The summed E-state index contributed by atoms with van der Waals surface area (Å²) in [6.45, 7) is 3.43. The van der Waals surface area contributed by atoms with E-state index in [4.69, 9.17) is 16.3 Å². The fraction of sp³-hybridized carbons (Fsp3) is 0.333. The van der Waals surface area contributed by atoms with Crippen LogP contribution in [0.5, 0.6) is 0 Å². The van der Waals surface area contributed by atoms with Crippen LogP contribution in [-0.4, -0.2) is 44.3 Å². The minimum Gasteiger partial charge on any atom is -0.452 e. The summed E-state index contributed by atoms with van der Waals surface area (Å²) >= 11 is 6.06. The molecule has 0 fully saturated rings. The van der Waals surface area contributed by atoms with Crippen LogP contribution in [0.1, 0.15) is 36.2 Å². The molecule has 0 saturated heterocycles. The van der Waals surface area contributed by atoms with Gasteiger partial charge in [-0.1, -0.05) is 48.9 Å². The Balaban J connectivity index is 2.15. The van der Waals surface area contributed by atoms with Gasteiger partial charge in [-0.15, -0.1) is 0 Å². The molecule has 2 aromatic rings. The number of hydrogen-bond acceptors (Lipinski definition) is 5. The van der Waals surface area contributed by atoms with Crippen molar-refractivity contribution in [1.82, 2.24) is 9.62 Å². The van der Waals surface area contributed by atoms with Crippen molar-refractivity contribution in [3.05, 3.63) is 64.7 Å². The maximum atomic E-state index is 12.9. The zero-order valence-electron chi connectivity index (χ0n) is 17.1. The topological polar surface area (TPSA) is 92.8 Å². The first-order valence-electron chi connectivity index (χ1n) is 9.41. The van der Waals surface area contributed by atoms with Gasteiger partial charge in [0.05, 0.1) is 15.5 Å². The van der Waals surface area contributed by atoms with Crippen molar-refractivity contribution in [3.8, 4) is 0 Å². The number of esters is 1. The molecule has 1 atom stereocenters. The molecular formula is C21H25ClN2O5S. The molecule has 0 spiro atoms. The molecule has 2 aromatic carbocycles. The Morgan fingerprint density at radius 1 is 1.17 bits per heavy atom. The number of ether oxygens (including phenoxy) is 1. The van der Waals surface area contributed by atoms with E-state index in [-0.39, 0.29) is 28.1 Å². The highest BCUT2D eigenvalue weighted by atomic mass is 35.5. The molecule has 0 heterocycles. The van der Waals surface area contributed by atoms with Crippen molar-refractivity contribution in [1.29, 1.82) is 0 Å². The number of carbonyl (C=O) groups is 2. The van der Waals surface area contributed by atoms with Crippen LogP contribution >= 0.6 is 11.6 Å². The number of rotatable bonds is 9. The quantitative estimate of drug-likeness (QED) is 0.589. The molecular weight excluding hydrogens is 428 g/mol. The molecule has 1 amide bonds. The number of nitrogens with one attached hydrogen (secondary N) is 1. The Bertz CT molecular complexity index is 996. The first kappa shape index (κ1) is 23.9. The average molecular weight is 453 g/mol. The molecule has 162 valence electrons. The maximum absolute atomic E-state index is 12.9. The van der Waals surface area contributed by atoms with E-state index < -0.39 is 28.5 Å². The standard InChI is InChI=1S/C21H25ClN2O5S/c1-4-15(2)23-20(25)14-29-21(26)18-12-17(10-11-19(18)22)30(27,28)24(3)13-16-8-6-5-7-9-16/h5-12,15H,4,13-14H2,1-3H3,(H,23,25)/t15-/m1/s1. The summed E-state index contributed by atoms with van der Waals surface area (Å²) in [5.74, 6) is -1.32. The van der Waals surface area contributed by atoms with Crippen LogP contribution in [0.25, 0.3) is 0 Å². The van der Waals surface area contributed by atoms with Crippen molar-refractivity contribution in [2.75, 3.05) is 13.7 Å². The first-order valence-corrected chi connectivity index (χ1v) is 11.2. The van der Waals surface area contributed by atoms with Gasteiger partial charge in [0.25, 0.3) is 5.91 Å². The number of sulfonamides is 1. The number of amides is 1. The van der Waals surface area contributed by atoms with Crippen LogP contribution in [0.2, 0.25) is 5.02 Å². The fourth-order valence-corrected chi connectivity index (χ4v) is 3.93. The van der Waals surface area contributed by atoms with Crippen molar-refractivity contribution in [3.63, 3.8) is 0 Å². The molecule has 0 aliphatic rings. The van der Waals surface area contributed by atoms with Gasteiger partial charge in [-0.05, 0) is 37.1 Å². The Labute approximate surface area is 182 Å². The smallest absolute Gasteiger partial charge is 0.340 e. The summed E-state index contributed by atoms with van der Waals surface area (Å²) in [4.78, 5) is 24.1. The van der Waals surface area contributed by atoms with Crippen LogP contribution in [-0.2, 0) is 26.1 Å². The molecule has 30 heavy (non-hydrogen) atoms. The van der Waals surface area contributed by atoms with Gasteiger partial charge < -0.3 is 10.1 Å². The van der Waals surface area contributed by atoms with Gasteiger partial charge in [0.15, 0.2) is 6.61 Å². The van der Waals surface area contributed by atoms with Crippen molar-refractivity contribution in [2.45, 2.75) is 37.8 Å². The number of hydrogen-bond donors (Lipinski definition) is 1. The number of nitrogens with zero attached hydrogens (tertiary/aromatic N) is 1. The zero-order valence-corrected chi connectivity index (χ0v) is 18.7. The second-order valence-electron chi connectivity index (χ2n) is 6.84. The molecule has 7 nitrogen and oxygen atoms in total. The monoisotopic (exact) mass is 452 g/mol. The Morgan fingerprint density at radius 3 is 2.47 bits per heavy atom. The Kier molecular flexibility index (Phi) is 8.40. The van der Waals surface area contributed by atoms with E-state index in [1.807, 2.05) is 44.2 Å². The minimum absolute atomic E-state index is 0.0343. The third-order valence-corrected chi connectivity index (χ3v) is 6.60. The largest absolute Gasteiger partial charge is 0.452 e. The molecule has 0 aliphatic carbocycles. The van der Waals surface area contributed by atoms with E-state index in [2.05, 4.69) is 5.32 Å². The SMILES string of the molecule is CC[C@@H](C)NC(=O)COC(=O)c1cc(S(=O)(=O)N(C)Cc2ccccc2)ccc1Cl. The molecule has 0 bridgehead atoms. The Morgan fingerprint density at radius 2 is 1.83 bits per heavy atom. The van der Waals surface area contributed by atoms with Crippen LogP contribution in [0.4, 0.5) is 0 Å². The van der Waals surface area contributed by atoms with Gasteiger partial charge in [-0.25, -0.2) is 13.2 Å². The second kappa shape index (κ2) is 10.6. The van der Waals surface area contributed by atoms with Crippen molar-refractivity contribution in [2.24, 2.45) is 0 Å². The van der Waals surface area contributed by atoms with E-state index in [0.29, 0.717) is 0 Å². The lowest BCUT2D eigenvalue weighted by atomic mass is 10.2. The van der Waals surface area contributed by atoms with Crippen molar-refractivity contribution < 1.29 is 22.7 Å². The zero-order chi connectivity index (χ0) is 22.3. The number of carbonyl (C=O) groups excluding carboxylic acids is 2. The van der Waals surface area contributed by atoms with Crippen LogP contribution in [0.15, 0.2) is 53.4 Å². The molecule has 0 saturated carbocycles. The number of benzene rings is 2. The summed E-state index contributed by atoms with van der Waals surface area (Å²) in [6.07, 6.45) is 0.738. The van der Waals surface area contributed by atoms with Crippen LogP contribution in [0.3, 0.4) is 0 Å². The molecule has 0 unspecified atom stereocenters. The normalized spacial score (nSPS) is 12.4. The van der Waals surface area contributed by atoms with Crippen molar-refractivity contribution >= 4 is 33.5 Å². The van der Waals surface area contributed by atoms with Gasteiger partial charge in [0.2, 0.25) is 10.0 Å². The molecule has 0 aliphatic heterocycles. The molecule has 9 heteroatoms. The van der Waals surface area contributed by atoms with E-state index in [9.17, 15) is 18.0 Å². The fourth-order valence-electron chi connectivity index (χ4n) is 2.55. The average Bonchev–Trinajstić information content (AvgIpc) is 2.72. The predicted octanol–water partition coefficient (Wildman–Crippen LogP) is 3.23. The molecule has 0 aromatic heterocycles. The summed E-state index contributed by atoms with van der Waals surface area (Å²) in [5.41, 5.74) is 0.701.